The minimum atomic E-state index is 0. The summed E-state index contributed by atoms with van der Waals surface area (Å²) >= 11 is 0. The van der Waals surface area contributed by atoms with Crippen molar-refractivity contribution < 1.29 is 32.2 Å². The van der Waals surface area contributed by atoms with Crippen LogP contribution < -0.4 is 12.4 Å². The maximum Gasteiger partial charge on any atom is 0.102 e. The van der Waals surface area contributed by atoms with Gasteiger partial charge in [0.15, 0.2) is 0 Å². The molecule has 76 valence electrons. The van der Waals surface area contributed by atoms with Gasteiger partial charge in [0.1, 0.15) is 19.6 Å². The van der Waals surface area contributed by atoms with Gasteiger partial charge in [0.2, 0.25) is 0 Å². The zero-order valence-electron chi connectivity index (χ0n) is 7.41. The molecule has 0 saturated heterocycles. The zero-order chi connectivity index (χ0) is 8.74. The van der Waals surface area contributed by atoms with Crippen LogP contribution in [0.4, 0.5) is 0 Å². The highest BCUT2D eigenvalue weighted by Crippen LogP contribution is 1.99. The molecule has 0 aliphatic carbocycles. The molecule has 0 bridgehead atoms. The van der Waals surface area contributed by atoms with E-state index in [1.807, 2.05) is 7.05 Å². The van der Waals surface area contributed by atoms with Gasteiger partial charge in [-0.15, -0.1) is 0 Å². The number of aliphatic hydroxyl groups excluding tert-OH is 3. The van der Waals surface area contributed by atoms with Gasteiger partial charge < -0.3 is 32.2 Å². The number of rotatable bonds is 6. The van der Waals surface area contributed by atoms with Gasteiger partial charge in [0, 0.05) is 0 Å². The molecule has 0 aromatic heterocycles. The first-order chi connectivity index (χ1) is 5.18. The largest absolute Gasteiger partial charge is 1.00 e. The van der Waals surface area contributed by atoms with E-state index in [0.29, 0.717) is 24.1 Å². The van der Waals surface area contributed by atoms with Gasteiger partial charge in [0.25, 0.3) is 0 Å². The third kappa shape index (κ3) is 5.74. The quantitative estimate of drug-likeness (QED) is 0.378. The fourth-order valence-corrected chi connectivity index (χ4v) is 1.06. The van der Waals surface area contributed by atoms with Gasteiger partial charge >= 0.3 is 0 Å². The third-order valence-electron chi connectivity index (χ3n) is 1.92. The number of aliphatic hydroxyl groups is 3. The van der Waals surface area contributed by atoms with Crippen LogP contribution in [0, 0.1) is 0 Å². The van der Waals surface area contributed by atoms with Crippen molar-refractivity contribution in [1.82, 2.24) is 0 Å². The van der Waals surface area contributed by atoms with E-state index in [2.05, 4.69) is 0 Å². The summed E-state index contributed by atoms with van der Waals surface area (Å²) in [7, 11) is 1.91. The zero-order valence-corrected chi connectivity index (χ0v) is 8.17. The topological polar surface area (TPSA) is 60.7 Å². The van der Waals surface area contributed by atoms with Crippen molar-refractivity contribution in [2.75, 3.05) is 46.5 Å². The smallest absolute Gasteiger partial charge is 0.102 e. The van der Waals surface area contributed by atoms with Crippen LogP contribution in [-0.4, -0.2) is 66.3 Å². The molecule has 12 heavy (non-hydrogen) atoms. The Balaban J connectivity index is 0. The Kier molecular flexibility index (Phi) is 9.47. The summed E-state index contributed by atoms with van der Waals surface area (Å²) < 4.78 is 0.531. The molecular formula is C7H18ClNO3. The maximum absolute atomic E-state index is 8.68. The second-order valence-electron chi connectivity index (χ2n) is 2.96. The molecule has 0 spiro atoms. The summed E-state index contributed by atoms with van der Waals surface area (Å²) in [5.74, 6) is 0. The Hall–Kier alpha value is 0.130. The lowest BCUT2D eigenvalue weighted by Gasteiger charge is -2.32. The van der Waals surface area contributed by atoms with E-state index >= 15 is 0 Å². The Labute approximate surface area is 79.4 Å². The summed E-state index contributed by atoms with van der Waals surface area (Å²) in [6.07, 6.45) is 0. The number of hydrogen-bond donors (Lipinski definition) is 3. The summed E-state index contributed by atoms with van der Waals surface area (Å²) in [5, 5.41) is 26.0. The van der Waals surface area contributed by atoms with Crippen LogP contribution in [0.25, 0.3) is 0 Å². The van der Waals surface area contributed by atoms with E-state index in [-0.39, 0.29) is 32.2 Å². The summed E-state index contributed by atoms with van der Waals surface area (Å²) in [4.78, 5) is 0. The van der Waals surface area contributed by atoms with Crippen LogP contribution in [0.3, 0.4) is 0 Å². The van der Waals surface area contributed by atoms with E-state index in [1.54, 1.807) is 0 Å². The van der Waals surface area contributed by atoms with Gasteiger partial charge in [-0.2, -0.15) is 0 Å². The van der Waals surface area contributed by atoms with Gasteiger partial charge in [-0.05, 0) is 0 Å². The summed E-state index contributed by atoms with van der Waals surface area (Å²) in [6.45, 7) is 2.03. The second kappa shape index (κ2) is 7.76. The third-order valence-corrected chi connectivity index (χ3v) is 1.92. The van der Waals surface area contributed by atoms with Crippen LogP contribution in [0.1, 0.15) is 0 Å². The van der Waals surface area contributed by atoms with E-state index in [1.165, 1.54) is 0 Å². The van der Waals surface area contributed by atoms with Crippen molar-refractivity contribution in [1.29, 1.82) is 0 Å². The van der Waals surface area contributed by atoms with Crippen LogP contribution in [-0.2, 0) is 0 Å². The minimum absolute atomic E-state index is 0. The van der Waals surface area contributed by atoms with Crippen molar-refractivity contribution >= 4 is 0 Å². The van der Waals surface area contributed by atoms with E-state index in [9.17, 15) is 0 Å². The van der Waals surface area contributed by atoms with E-state index in [0.717, 1.165) is 0 Å². The Morgan fingerprint density at radius 1 is 0.833 bits per heavy atom. The average molecular weight is 200 g/mol. The molecule has 0 radical (unpaired) electrons. The van der Waals surface area contributed by atoms with Crippen molar-refractivity contribution in [2.24, 2.45) is 0 Å². The molecule has 0 unspecified atom stereocenters. The molecule has 0 amide bonds. The number of quaternary nitrogens is 1. The van der Waals surface area contributed by atoms with Gasteiger partial charge in [-0.1, -0.05) is 0 Å². The van der Waals surface area contributed by atoms with Crippen molar-refractivity contribution in [3.8, 4) is 0 Å². The highest BCUT2D eigenvalue weighted by atomic mass is 35.5. The predicted molar refractivity (Wildman–Crippen MR) is 42.0 cm³/mol. The number of likely N-dealkylation sites (N-methyl/N-ethyl adjacent to an activating group) is 1. The van der Waals surface area contributed by atoms with Crippen LogP contribution >= 0.6 is 0 Å². The van der Waals surface area contributed by atoms with E-state index < -0.39 is 0 Å². The van der Waals surface area contributed by atoms with Crippen molar-refractivity contribution in [2.45, 2.75) is 0 Å². The first kappa shape index (κ1) is 14.6. The lowest BCUT2D eigenvalue weighted by molar-refractivity contribution is -0.910. The van der Waals surface area contributed by atoms with Crippen LogP contribution in [0.2, 0.25) is 0 Å². The standard InChI is InChI=1S/C7H18NO3.ClH/c1-8(2-5-9,3-6-10)4-7-11;/h9-11H,2-7H2,1H3;1H/q+1;/p-1. The fourth-order valence-electron chi connectivity index (χ4n) is 1.06. The molecule has 0 rings (SSSR count). The lowest BCUT2D eigenvalue weighted by atomic mass is 10.4. The summed E-state index contributed by atoms with van der Waals surface area (Å²) in [6, 6.07) is 0. The van der Waals surface area contributed by atoms with Gasteiger partial charge in [0.05, 0.1) is 26.9 Å². The van der Waals surface area contributed by atoms with Crippen molar-refractivity contribution in [3.05, 3.63) is 0 Å². The minimum Gasteiger partial charge on any atom is -1.00 e. The van der Waals surface area contributed by atoms with Crippen LogP contribution in [0.5, 0.6) is 0 Å². The Morgan fingerprint density at radius 2 is 1.08 bits per heavy atom. The van der Waals surface area contributed by atoms with Crippen molar-refractivity contribution in [3.63, 3.8) is 0 Å². The molecule has 0 aromatic rings. The monoisotopic (exact) mass is 199 g/mol. The fraction of sp³-hybridized carbons (Fsp3) is 1.00. The number of hydrogen-bond acceptors (Lipinski definition) is 3. The molecule has 0 aliphatic rings. The SMILES string of the molecule is C[N+](CCO)(CCO)CCO.[Cl-]. The molecule has 4 nitrogen and oxygen atoms in total. The molecule has 0 atom stereocenters. The van der Waals surface area contributed by atoms with E-state index in [4.69, 9.17) is 15.3 Å². The highest BCUT2D eigenvalue weighted by Gasteiger charge is 2.18. The molecule has 0 aromatic carbocycles. The average Bonchev–Trinajstić information content (AvgIpc) is 1.88. The summed E-state index contributed by atoms with van der Waals surface area (Å²) in [5.41, 5.74) is 0. The molecule has 0 saturated carbocycles. The van der Waals surface area contributed by atoms with Gasteiger partial charge in [-0.25, -0.2) is 0 Å². The molecule has 0 fully saturated rings. The molecule has 0 heterocycles. The predicted octanol–water partition coefficient (Wildman–Crippen LogP) is -4.59. The molecular weight excluding hydrogens is 182 g/mol. The Bertz CT molecular complexity index is 85.6. The maximum atomic E-state index is 8.68. The second-order valence-corrected chi connectivity index (χ2v) is 2.96. The molecule has 5 heteroatoms. The normalized spacial score (nSPS) is 11.0. The highest BCUT2D eigenvalue weighted by molar-refractivity contribution is 4.37. The Morgan fingerprint density at radius 3 is 1.25 bits per heavy atom. The number of halogens is 1. The molecule has 3 N–H and O–H groups in total. The number of nitrogens with zero attached hydrogens (tertiary/aromatic N) is 1. The first-order valence-electron chi connectivity index (χ1n) is 3.84. The molecule has 0 aliphatic heterocycles. The lowest BCUT2D eigenvalue weighted by Crippen LogP contribution is -3.00. The van der Waals surface area contributed by atoms with Crippen LogP contribution in [0.15, 0.2) is 0 Å². The first-order valence-corrected chi connectivity index (χ1v) is 3.84. The van der Waals surface area contributed by atoms with Gasteiger partial charge in [-0.3, -0.25) is 0 Å².